The van der Waals surface area contributed by atoms with Crippen LogP contribution < -0.4 is 10.9 Å². The van der Waals surface area contributed by atoms with Gasteiger partial charge in [0.05, 0.1) is 11.5 Å². The molecule has 0 saturated carbocycles. The van der Waals surface area contributed by atoms with Crippen LogP contribution in [0.15, 0.2) is 29.1 Å². The van der Waals surface area contributed by atoms with E-state index in [0.29, 0.717) is 23.4 Å². The molecule has 0 aliphatic carbocycles. The van der Waals surface area contributed by atoms with Gasteiger partial charge in [-0.2, -0.15) is 4.52 Å². The first-order valence-corrected chi connectivity index (χ1v) is 10.0. The van der Waals surface area contributed by atoms with Crippen molar-refractivity contribution >= 4 is 43.8 Å². The fraction of sp³-hybridized carbons (Fsp3) is 0.350. The van der Waals surface area contributed by atoms with E-state index >= 15 is 0 Å². The first-order valence-electron chi connectivity index (χ1n) is 9.20. The first kappa shape index (κ1) is 16.6. The quantitative estimate of drug-likeness (QED) is 0.549. The van der Waals surface area contributed by atoms with Crippen molar-refractivity contribution in [2.45, 2.75) is 32.8 Å². The van der Waals surface area contributed by atoms with Crippen LogP contribution in [0.4, 0.5) is 5.82 Å². The molecule has 1 saturated heterocycles. The number of thiophene rings is 1. The molecule has 138 valence electrons. The zero-order chi connectivity index (χ0) is 18.5. The lowest BCUT2D eigenvalue weighted by Crippen LogP contribution is -2.23. The summed E-state index contributed by atoms with van der Waals surface area (Å²) in [5.74, 6) is 0.696. The first-order chi connectivity index (χ1) is 13.1. The number of aryl methyl sites for hydroxylation is 2. The maximum absolute atomic E-state index is 13.2. The van der Waals surface area contributed by atoms with Crippen LogP contribution in [0.2, 0.25) is 0 Å². The van der Waals surface area contributed by atoms with Gasteiger partial charge in [0, 0.05) is 28.8 Å². The highest BCUT2D eigenvalue weighted by molar-refractivity contribution is 7.18. The predicted molar refractivity (Wildman–Crippen MR) is 109 cm³/mol. The van der Waals surface area contributed by atoms with Crippen LogP contribution in [0, 0.1) is 13.8 Å². The fourth-order valence-corrected chi connectivity index (χ4v) is 4.76. The van der Waals surface area contributed by atoms with Gasteiger partial charge in [0.2, 0.25) is 0 Å². The summed E-state index contributed by atoms with van der Waals surface area (Å²) < 4.78 is 7.15. The number of fused-ring (bicyclic) bond motifs is 4. The molecule has 1 atom stereocenters. The second-order valence-electron chi connectivity index (χ2n) is 7.03. The molecule has 0 spiro atoms. The number of anilines is 1. The van der Waals surface area contributed by atoms with Gasteiger partial charge in [-0.05, 0) is 32.3 Å². The predicted octanol–water partition coefficient (Wildman–Crippen LogP) is 3.67. The van der Waals surface area contributed by atoms with Gasteiger partial charge in [-0.1, -0.05) is 24.3 Å². The number of rotatable bonds is 3. The third-order valence-corrected chi connectivity index (χ3v) is 6.43. The summed E-state index contributed by atoms with van der Waals surface area (Å²) in [6.45, 7) is 5.50. The normalized spacial score (nSPS) is 17.3. The summed E-state index contributed by atoms with van der Waals surface area (Å²) in [7, 11) is 0. The van der Waals surface area contributed by atoms with Gasteiger partial charge in [0.15, 0.2) is 11.5 Å². The molecule has 1 aliphatic heterocycles. The number of nitrogens with zero attached hydrogens (tertiary/aromatic N) is 3. The molecule has 0 bridgehead atoms. The molecule has 0 amide bonds. The zero-order valence-electron chi connectivity index (χ0n) is 15.3. The molecule has 3 aromatic heterocycles. The molecule has 4 heterocycles. The highest BCUT2D eigenvalue weighted by Crippen LogP contribution is 2.29. The molecule has 7 heteroatoms. The number of hydrogen-bond acceptors (Lipinski definition) is 6. The molecular weight excluding hydrogens is 360 g/mol. The average Bonchev–Trinajstić information content (AvgIpc) is 3.29. The molecule has 1 aliphatic rings. The molecular formula is C20H20N4O2S. The Morgan fingerprint density at radius 1 is 1.30 bits per heavy atom. The van der Waals surface area contributed by atoms with Crippen molar-refractivity contribution in [2.75, 3.05) is 18.5 Å². The molecule has 4 aromatic rings. The Bertz CT molecular complexity index is 1240. The Morgan fingerprint density at radius 2 is 2.11 bits per heavy atom. The number of benzene rings is 1. The maximum atomic E-state index is 13.2. The highest BCUT2D eigenvalue weighted by atomic mass is 32.1. The molecule has 0 unspecified atom stereocenters. The van der Waals surface area contributed by atoms with E-state index in [9.17, 15) is 4.79 Å². The van der Waals surface area contributed by atoms with Crippen LogP contribution in [0.3, 0.4) is 0 Å². The molecule has 5 rings (SSSR count). The van der Waals surface area contributed by atoms with E-state index in [1.54, 1.807) is 11.3 Å². The van der Waals surface area contributed by atoms with E-state index in [1.165, 1.54) is 4.52 Å². The Balaban J connectivity index is 1.76. The van der Waals surface area contributed by atoms with Crippen LogP contribution >= 0.6 is 11.3 Å². The largest absolute Gasteiger partial charge is 0.376 e. The second kappa shape index (κ2) is 6.28. The van der Waals surface area contributed by atoms with E-state index in [4.69, 9.17) is 9.72 Å². The zero-order valence-corrected chi connectivity index (χ0v) is 16.1. The Labute approximate surface area is 159 Å². The molecule has 27 heavy (non-hydrogen) atoms. The summed E-state index contributed by atoms with van der Waals surface area (Å²) in [6, 6.07) is 7.96. The van der Waals surface area contributed by atoms with Crippen LogP contribution in [-0.2, 0) is 4.74 Å². The lowest BCUT2D eigenvalue weighted by molar-refractivity contribution is 0.120. The highest BCUT2D eigenvalue weighted by Gasteiger charge is 2.19. The van der Waals surface area contributed by atoms with Crippen molar-refractivity contribution < 1.29 is 4.74 Å². The van der Waals surface area contributed by atoms with Crippen LogP contribution in [0.5, 0.6) is 0 Å². The van der Waals surface area contributed by atoms with E-state index in [2.05, 4.69) is 10.4 Å². The molecule has 1 fully saturated rings. The smallest absolute Gasteiger partial charge is 0.283 e. The molecule has 1 N–H and O–H groups in total. The summed E-state index contributed by atoms with van der Waals surface area (Å²) >= 11 is 1.56. The van der Waals surface area contributed by atoms with E-state index in [-0.39, 0.29) is 11.7 Å². The minimum atomic E-state index is -0.109. The van der Waals surface area contributed by atoms with Crippen molar-refractivity contribution in [2.24, 2.45) is 0 Å². The van der Waals surface area contributed by atoms with Crippen molar-refractivity contribution in [3.8, 4) is 0 Å². The Kier molecular flexibility index (Phi) is 3.87. The standard InChI is InChI=1S/C20H20N4O2S/c1-11-12(2)27-19-16(11)20(25)24-18(22-19)15-8-4-3-7-14(15)17(23-24)21-10-13-6-5-9-26-13/h3-4,7-8,13H,5-6,9-10H2,1-2H3,(H,21,23)/t13-/m0/s1. The molecule has 0 radical (unpaired) electrons. The third kappa shape index (κ3) is 2.61. The summed E-state index contributed by atoms with van der Waals surface area (Å²) in [5, 5.41) is 10.6. The van der Waals surface area contributed by atoms with Gasteiger partial charge >= 0.3 is 0 Å². The minimum absolute atomic E-state index is 0.109. The number of ether oxygens (including phenoxy) is 1. The second-order valence-corrected chi connectivity index (χ2v) is 8.23. The van der Waals surface area contributed by atoms with E-state index in [1.807, 2.05) is 38.1 Å². The van der Waals surface area contributed by atoms with Crippen LogP contribution in [0.25, 0.3) is 26.6 Å². The van der Waals surface area contributed by atoms with Gasteiger partial charge in [0.1, 0.15) is 4.83 Å². The van der Waals surface area contributed by atoms with E-state index < -0.39 is 0 Å². The fourth-order valence-electron chi connectivity index (χ4n) is 3.74. The van der Waals surface area contributed by atoms with Crippen LogP contribution in [-0.4, -0.2) is 33.9 Å². The lowest BCUT2D eigenvalue weighted by atomic mass is 10.1. The van der Waals surface area contributed by atoms with Crippen molar-refractivity contribution in [1.29, 1.82) is 0 Å². The lowest BCUT2D eigenvalue weighted by Gasteiger charge is -2.14. The van der Waals surface area contributed by atoms with Crippen molar-refractivity contribution in [3.05, 3.63) is 45.1 Å². The summed E-state index contributed by atoms with van der Waals surface area (Å²) in [5.41, 5.74) is 1.49. The Morgan fingerprint density at radius 3 is 2.89 bits per heavy atom. The monoisotopic (exact) mass is 380 g/mol. The number of nitrogens with one attached hydrogen (secondary N) is 1. The van der Waals surface area contributed by atoms with Gasteiger partial charge in [-0.25, -0.2) is 4.98 Å². The number of aromatic nitrogens is 3. The molecule has 6 nitrogen and oxygen atoms in total. The maximum Gasteiger partial charge on any atom is 0.283 e. The van der Waals surface area contributed by atoms with E-state index in [0.717, 1.165) is 45.5 Å². The SMILES string of the molecule is Cc1sc2nc3c4ccccc4c(NC[C@@H]4CCCO4)nn3c(=O)c2c1C. The van der Waals surface area contributed by atoms with Crippen molar-refractivity contribution in [3.63, 3.8) is 0 Å². The Hall–Kier alpha value is -2.51. The van der Waals surface area contributed by atoms with Gasteiger partial charge in [0.25, 0.3) is 5.56 Å². The average molecular weight is 380 g/mol. The van der Waals surface area contributed by atoms with Gasteiger partial charge in [-0.15, -0.1) is 16.4 Å². The van der Waals surface area contributed by atoms with Gasteiger partial charge in [-0.3, -0.25) is 4.79 Å². The topological polar surface area (TPSA) is 68.5 Å². The third-order valence-electron chi connectivity index (χ3n) is 5.33. The van der Waals surface area contributed by atoms with Crippen molar-refractivity contribution in [1.82, 2.24) is 14.6 Å². The summed E-state index contributed by atoms with van der Waals surface area (Å²) in [4.78, 5) is 19.9. The molecule has 1 aromatic carbocycles. The number of hydrogen-bond donors (Lipinski definition) is 1. The van der Waals surface area contributed by atoms with Gasteiger partial charge < -0.3 is 10.1 Å². The summed E-state index contributed by atoms with van der Waals surface area (Å²) in [6.07, 6.45) is 2.34. The minimum Gasteiger partial charge on any atom is -0.376 e. The van der Waals surface area contributed by atoms with Crippen LogP contribution in [0.1, 0.15) is 23.3 Å².